The summed E-state index contributed by atoms with van der Waals surface area (Å²) in [5, 5.41) is 5.10. The summed E-state index contributed by atoms with van der Waals surface area (Å²) in [5.41, 5.74) is 1.88. The first kappa shape index (κ1) is 15.9. The molecule has 1 aromatic carbocycles. The van der Waals surface area contributed by atoms with Crippen molar-refractivity contribution in [3.8, 4) is 0 Å². The second kappa shape index (κ2) is 6.64. The number of hydrogen-bond donors (Lipinski definition) is 1. The molecule has 3 rings (SSSR count). The summed E-state index contributed by atoms with van der Waals surface area (Å²) in [4.78, 5) is 20.7. The number of hydrogen-bond acceptors (Lipinski definition) is 5. The van der Waals surface area contributed by atoms with Gasteiger partial charge >= 0.3 is 0 Å². The molecule has 1 N–H and O–H groups in total. The molecular formula is C16H14FN3OS2. The number of halogens is 1. The second-order valence-electron chi connectivity index (χ2n) is 5.03. The van der Waals surface area contributed by atoms with E-state index < -0.39 is 0 Å². The maximum absolute atomic E-state index is 13.5. The maximum Gasteiger partial charge on any atom is 0.237 e. The van der Waals surface area contributed by atoms with Crippen LogP contribution in [0.15, 0.2) is 41.0 Å². The first-order chi connectivity index (χ1) is 11.0. The third kappa shape index (κ3) is 3.51. The van der Waals surface area contributed by atoms with Crippen LogP contribution in [0.4, 0.5) is 10.1 Å². The lowest BCUT2D eigenvalue weighted by atomic mass is 10.2. The van der Waals surface area contributed by atoms with E-state index in [-0.39, 0.29) is 17.0 Å². The fourth-order valence-electron chi connectivity index (χ4n) is 1.99. The molecule has 0 aliphatic heterocycles. The average Bonchev–Trinajstić information content (AvgIpc) is 3.00. The summed E-state index contributed by atoms with van der Waals surface area (Å²) >= 11 is 2.91. The van der Waals surface area contributed by atoms with Crippen LogP contribution >= 0.6 is 23.1 Å². The minimum absolute atomic E-state index is 0.193. The lowest BCUT2D eigenvalue weighted by Crippen LogP contribution is -2.22. The SMILES string of the molecule is Cc1ccc(NC(=O)C(C)Sc2ncnc3ccsc23)cc1F. The van der Waals surface area contributed by atoms with Gasteiger partial charge in [-0.05, 0) is 43.0 Å². The fraction of sp³-hybridized carbons (Fsp3) is 0.188. The molecule has 0 aliphatic rings. The van der Waals surface area contributed by atoms with Crippen molar-refractivity contribution < 1.29 is 9.18 Å². The molecule has 1 unspecified atom stereocenters. The zero-order valence-electron chi connectivity index (χ0n) is 12.5. The van der Waals surface area contributed by atoms with Crippen molar-refractivity contribution in [1.29, 1.82) is 0 Å². The Labute approximate surface area is 141 Å². The molecule has 0 bridgehead atoms. The highest BCUT2D eigenvalue weighted by atomic mass is 32.2. The lowest BCUT2D eigenvalue weighted by Gasteiger charge is -2.12. The predicted octanol–water partition coefficient (Wildman–Crippen LogP) is 4.26. The first-order valence-corrected chi connectivity index (χ1v) is 8.72. The van der Waals surface area contributed by atoms with Crippen LogP contribution in [0, 0.1) is 12.7 Å². The van der Waals surface area contributed by atoms with Crippen molar-refractivity contribution in [3.63, 3.8) is 0 Å². The van der Waals surface area contributed by atoms with Gasteiger partial charge in [-0.3, -0.25) is 4.79 Å². The van der Waals surface area contributed by atoms with Crippen LogP contribution < -0.4 is 5.32 Å². The van der Waals surface area contributed by atoms with E-state index in [1.807, 2.05) is 11.4 Å². The van der Waals surface area contributed by atoms with E-state index in [0.717, 1.165) is 15.2 Å². The van der Waals surface area contributed by atoms with Gasteiger partial charge in [-0.15, -0.1) is 11.3 Å². The van der Waals surface area contributed by atoms with Gasteiger partial charge < -0.3 is 5.32 Å². The van der Waals surface area contributed by atoms with E-state index in [1.54, 1.807) is 37.3 Å². The van der Waals surface area contributed by atoms with Crippen molar-refractivity contribution in [3.05, 3.63) is 47.4 Å². The Kier molecular flexibility index (Phi) is 4.58. The Morgan fingerprint density at radius 3 is 2.96 bits per heavy atom. The summed E-state index contributed by atoms with van der Waals surface area (Å²) in [5.74, 6) is -0.527. The van der Waals surface area contributed by atoms with Crippen LogP contribution in [-0.2, 0) is 4.79 Å². The van der Waals surface area contributed by atoms with E-state index in [4.69, 9.17) is 0 Å². The number of carbonyl (C=O) groups excluding carboxylic acids is 1. The summed E-state index contributed by atoms with van der Waals surface area (Å²) in [7, 11) is 0. The molecule has 7 heteroatoms. The van der Waals surface area contributed by atoms with Gasteiger partial charge in [-0.2, -0.15) is 0 Å². The molecule has 4 nitrogen and oxygen atoms in total. The monoisotopic (exact) mass is 347 g/mol. The first-order valence-electron chi connectivity index (χ1n) is 6.96. The van der Waals surface area contributed by atoms with E-state index in [9.17, 15) is 9.18 Å². The second-order valence-corrected chi connectivity index (χ2v) is 7.27. The largest absolute Gasteiger partial charge is 0.325 e. The number of aryl methyl sites for hydroxylation is 1. The van der Waals surface area contributed by atoms with Crippen LogP contribution in [0.1, 0.15) is 12.5 Å². The molecule has 2 heterocycles. The van der Waals surface area contributed by atoms with Gasteiger partial charge in [0.05, 0.1) is 15.5 Å². The van der Waals surface area contributed by atoms with Gasteiger partial charge in [0, 0.05) is 5.69 Å². The van der Waals surface area contributed by atoms with Crippen LogP contribution in [0.2, 0.25) is 0 Å². The Morgan fingerprint density at radius 1 is 1.35 bits per heavy atom. The van der Waals surface area contributed by atoms with Gasteiger partial charge in [0.1, 0.15) is 17.2 Å². The number of fused-ring (bicyclic) bond motifs is 1. The standard InChI is InChI=1S/C16H14FN3OS2/c1-9-3-4-11(7-12(9)17)20-15(21)10(2)23-16-14-13(5-6-22-14)18-8-19-16/h3-8,10H,1-2H3,(H,20,21). The third-order valence-electron chi connectivity index (χ3n) is 3.31. The van der Waals surface area contributed by atoms with Crippen molar-refractivity contribution >= 4 is 44.9 Å². The number of nitrogens with one attached hydrogen (secondary N) is 1. The molecule has 23 heavy (non-hydrogen) atoms. The van der Waals surface area contributed by atoms with Crippen LogP contribution in [0.25, 0.3) is 10.2 Å². The number of carbonyl (C=O) groups is 1. The number of aromatic nitrogens is 2. The minimum atomic E-state index is -0.362. The molecule has 2 aromatic heterocycles. The van der Waals surface area contributed by atoms with Crippen LogP contribution in [0.5, 0.6) is 0 Å². The normalized spacial score (nSPS) is 12.3. The number of anilines is 1. The number of benzene rings is 1. The molecule has 0 radical (unpaired) electrons. The van der Waals surface area contributed by atoms with Crippen molar-refractivity contribution in [2.24, 2.45) is 0 Å². The van der Waals surface area contributed by atoms with E-state index in [0.29, 0.717) is 11.3 Å². The Hall–Kier alpha value is -1.99. The van der Waals surface area contributed by atoms with E-state index >= 15 is 0 Å². The minimum Gasteiger partial charge on any atom is -0.325 e. The number of thiophene rings is 1. The highest BCUT2D eigenvalue weighted by molar-refractivity contribution is 8.00. The number of amides is 1. The molecule has 1 atom stereocenters. The zero-order chi connectivity index (χ0) is 16.4. The van der Waals surface area contributed by atoms with Crippen molar-refractivity contribution in [2.75, 3.05) is 5.32 Å². The molecule has 0 saturated heterocycles. The summed E-state index contributed by atoms with van der Waals surface area (Å²) in [6.07, 6.45) is 1.50. The van der Waals surface area contributed by atoms with Gasteiger partial charge in [-0.25, -0.2) is 14.4 Å². The van der Waals surface area contributed by atoms with Gasteiger partial charge in [0.15, 0.2) is 0 Å². The molecule has 0 fully saturated rings. The molecule has 0 saturated carbocycles. The molecule has 0 spiro atoms. The van der Waals surface area contributed by atoms with Crippen molar-refractivity contribution in [1.82, 2.24) is 9.97 Å². The Morgan fingerprint density at radius 2 is 2.17 bits per heavy atom. The predicted molar refractivity (Wildman–Crippen MR) is 92.5 cm³/mol. The van der Waals surface area contributed by atoms with Crippen LogP contribution in [0.3, 0.4) is 0 Å². The smallest absolute Gasteiger partial charge is 0.237 e. The van der Waals surface area contributed by atoms with Crippen LogP contribution in [-0.4, -0.2) is 21.1 Å². The maximum atomic E-state index is 13.5. The Balaban J connectivity index is 1.72. The average molecular weight is 347 g/mol. The topological polar surface area (TPSA) is 54.9 Å². The van der Waals surface area contributed by atoms with Gasteiger partial charge in [-0.1, -0.05) is 17.8 Å². The van der Waals surface area contributed by atoms with Gasteiger partial charge in [0.25, 0.3) is 0 Å². The lowest BCUT2D eigenvalue weighted by molar-refractivity contribution is -0.115. The highest BCUT2D eigenvalue weighted by Gasteiger charge is 2.18. The van der Waals surface area contributed by atoms with Crippen molar-refractivity contribution in [2.45, 2.75) is 24.1 Å². The zero-order valence-corrected chi connectivity index (χ0v) is 14.2. The highest BCUT2D eigenvalue weighted by Crippen LogP contribution is 2.31. The third-order valence-corrected chi connectivity index (χ3v) is 5.45. The summed E-state index contributed by atoms with van der Waals surface area (Å²) in [6, 6.07) is 6.58. The summed E-state index contributed by atoms with van der Waals surface area (Å²) < 4.78 is 14.5. The molecule has 118 valence electrons. The quantitative estimate of drug-likeness (QED) is 0.566. The molecular weight excluding hydrogens is 333 g/mol. The van der Waals surface area contributed by atoms with Gasteiger partial charge in [0.2, 0.25) is 5.91 Å². The van der Waals surface area contributed by atoms with E-state index in [2.05, 4.69) is 15.3 Å². The molecule has 3 aromatic rings. The molecule has 0 aliphatic carbocycles. The number of thioether (sulfide) groups is 1. The fourth-order valence-corrected chi connectivity index (χ4v) is 3.82. The summed E-state index contributed by atoms with van der Waals surface area (Å²) in [6.45, 7) is 3.48. The number of rotatable bonds is 4. The molecule has 1 amide bonds. The number of nitrogens with zero attached hydrogens (tertiary/aromatic N) is 2. The van der Waals surface area contributed by atoms with E-state index in [1.165, 1.54) is 24.2 Å². The Bertz CT molecular complexity index is 865.